The third-order valence-electron chi connectivity index (χ3n) is 3.53. The van der Waals surface area contributed by atoms with Crippen molar-refractivity contribution in [1.82, 2.24) is 15.5 Å². The van der Waals surface area contributed by atoms with Gasteiger partial charge in [-0.3, -0.25) is 9.59 Å². The number of nitrogens with zero attached hydrogens (tertiary/aromatic N) is 1. The van der Waals surface area contributed by atoms with Crippen molar-refractivity contribution in [2.24, 2.45) is 5.92 Å². The standard InChI is InChI=1S/C15H21N3O2/c1-18(11-12-5-3-2-4-6-12)14(19)10-17-15(20)13-7-8-16-9-13/h2-6,13,16H,7-11H2,1H3,(H,17,20). The van der Waals surface area contributed by atoms with Gasteiger partial charge in [0.05, 0.1) is 12.5 Å². The third-order valence-corrected chi connectivity index (χ3v) is 3.53. The molecule has 5 heteroatoms. The SMILES string of the molecule is CN(Cc1ccccc1)C(=O)CNC(=O)C1CCNC1. The predicted molar refractivity (Wildman–Crippen MR) is 76.9 cm³/mol. The number of rotatable bonds is 5. The largest absolute Gasteiger partial charge is 0.347 e. The lowest BCUT2D eigenvalue weighted by Crippen LogP contribution is -2.40. The average molecular weight is 275 g/mol. The molecule has 0 spiro atoms. The van der Waals surface area contributed by atoms with Gasteiger partial charge in [0.15, 0.2) is 0 Å². The van der Waals surface area contributed by atoms with E-state index < -0.39 is 0 Å². The number of nitrogens with one attached hydrogen (secondary N) is 2. The molecule has 1 aromatic carbocycles. The van der Waals surface area contributed by atoms with Gasteiger partial charge in [0.1, 0.15) is 0 Å². The Kier molecular flexibility index (Phi) is 5.12. The van der Waals surface area contributed by atoms with E-state index in [1.165, 1.54) is 0 Å². The van der Waals surface area contributed by atoms with Crippen LogP contribution in [0.3, 0.4) is 0 Å². The zero-order chi connectivity index (χ0) is 14.4. The second-order valence-electron chi connectivity index (χ2n) is 5.14. The smallest absolute Gasteiger partial charge is 0.242 e. The molecule has 0 aliphatic carbocycles. The van der Waals surface area contributed by atoms with Crippen LogP contribution >= 0.6 is 0 Å². The summed E-state index contributed by atoms with van der Waals surface area (Å²) in [6, 6.07) is 9.80. The van der Waals surface area contributed by atoms with Gasteiger partial charge >= 0.3 is 0 Å². The van der Waals surface area contributed by atoms with Crippen molar-refractivity contribution in [3.63, 3.8) is 0 Å². The van der Waals surface area contributed by atoms with Gasteiger partial charge in [-0.25, -0.2) is 0 Å². The maximum Gasteiger partial charge on any atom is 0.242 e. The topological polar surface area (TPSA) is 61.4 Å². The zero-order valence-electron chi connectivity index (χ0n) is 11.8. The Hall–Kier alpha value is -1.88. The summed E-state index contributed by atoms with van der Waals surface area (Å²) in [6.07, 6.45) is 0.847. The van der Waals surface area contributed by atoms with Gasteiger partial charge in [-0.2, -0.15) is 0 Å². The highest BCUT2D eigenvalue weighted by atomic mass is 16.2. The first-order valence-corrected chi connectivity index (χ1v) is 6.93. The summed E-state index contributed by atoms with van der Waals surface area (Å²) in [4.78, 5) is 25.4. The molecule has 1 atom stereocenters. The summed E-state index contributed by atoms with van der Waals surface area (Å²) in [5.74, 6) is -0.105. The molecule has 1 aliphatic rings. The summed E-state index contributed by atoms with van der Waals surface area (Å²) < 4.78 is 0. The van der Waals surface area contributed by atoms with Crippen LogP contribution in [0.2, 0.25) is 0 Å². The molecule has 108 valence electrons. The second kappa shape index (κ2) is 7.05. The Balaban J connectivity index is 1.75. The molecule has 0 bridgehead atoms. The summed E-state index contributed by atoms with van der Waals surface area (Å²) in [5, 5.41) is 5.86. The maximum atomic E-state index is 12.0. The maximum absolute atomic E-state index is 12.0. The molecule has 1 saturated heterocycles. The molecule has 1 heterocycles. The molecular formula is C15H21N3O2. The van der Waals surface area contributed by atoms with Gasteiger partial charge in [0.25, 0.3) is 0 Å². The van der Waals surface area contributed by atoms with Gasteiger partial charge in [-0.1, -0.05) is 30.3 Å². The van der Waals surface area contributed by atoms with E-state index in [0.717, 1.165) is 18.5 Å². The summed E-state index contributed by atoms with van der Waals surface area (Å²) in [6.45, 7) is 2.21. The molecule has 2 amide bonds. The highest BCUT2D eigenvalue weighted by molar-refractivity contribution is 5.86. The number of likely N-dealkylation sites (N-methyl/N-ethyl adjacent to an activating group) is 1. The van der Waals surface area contributed by atoms with Crippen molar-refractivity contribution in [1.29, 1.82) is 0 Å². The van der Waals surface area contributed by atoms with Crippen LogP contribution in [-0.4, -0.2) is 43.4 Å². The lowest BCUT2D eigenvalue weighted by Gasteiger charge is -2.18. The fourth-order valence-corrected chi connectivity index (χ4v) is 2.27. The Morgan fingerprint density at radius 2 is 2.10 bits per heavy atom. The second-order valence-corrected chi connectivity index (χ2v) is 5.14. The Morgan fingerprint density at radius 3 is 2.75 bits per heavy atom. The molecule has 0 aromatic heterocycles. The number of benzene rings is 1. The van der Waals surface area contributed by atoms with Crippen molar-refractivity contribution in [2.45, 2.75) is 13.0 Å². The minimum absolute atomic E-state index is 0.00206. The summed E-state index contributed by atoms with van der Waals surface area (Å²) in [7, 11) is 1.75. The van der Waals surface area contributed by atoms with Crippen molar-refractivity contribution in [3.8, 4) is 0 Å². The van der Waals surface area contributed by atoms with E-state index in [-0.39, 0.29) is 24.3 Å². The van der Waals surface area contributed by atoms with Crippen LogP contribution in [0.25, 0.3) is 0 Å². The number of carbonyl (C=O) groups is 2. The van der Waals surface area contributed by atoms with Crippen LogP contribution in [0.5, 0.6) is 0 Å². The van der Waals surface area contributed by atoms with Crippen LogP contribution in [0.4, 0.5) is 0 Å². The van der Waals surface area contributed by atoms with Crippen molar-refractivity contribution >= 4 is 11.8 Å². The molecule has 20 heavy (non-hydrogen) atoms. The van der Waals surface area contributed by atoms with Gasteiger partial charge in [-0.15, -0.1) is 0 Å². The van der Waals surface area contributed by atoms with Gasteiger partial charge < -0.3 is 15.5 Å². The monoisotopic (exact) mass is 275 g/mol. The molecule has 0 saturated carbocycles. The molecule has 5 nitrogen and oxygen atoms in total. The zero-order valence-corrected chi connectivity index (χ0v) is 11.8. The fraction of sp³-hybridized carbons (Fsp3) is 0.467. The normalized spacial score (nSPS) is 17.8. The first-order valence-electron chi connectivity index (χ1n) is 6.93. The molecule has 1 aliphatic heterocycles. The average Bonchev–Trinajstić information content (AvgIpc) is 2.99. The van der Waals surface area contributed by atoms with Gasteiger partial charge in [0.2, 0.25) is 11.8 Å². The summed E-state index contributed by atoms with van der Waals surface area (Å²) >= 11 is 0. The van der Waals surface area contributed by atoms with E-state index in [1.807, 2.05) is 30.3 Å². The molecule has 2 N–H and O–H groups in total. The number of hydrogen-bond donors (Lipinski definition) is 2. The highest BCUT2D eigenvalue weighted by Gasteiger charge is 2.22. The molecule has 2 rings (SSSR count). The van der Waals surface area contributed by atoms with Crippen LogP contribution in [0, 0.1) is 5.92 Å². The van der Waals surface area contributed by atoms with Crippen LogP contribution < -0.4 is 10.6 Å². The van der Waals surface area contributed by atoms with E-state index >= 15 is 0 Å². The van der Waals surface area contributed by atoms with Crippen LogP contribution in [0.1, 0.15) is 12.0 Å². The number of amides is 2. The third kappa shape index (κ3) is 4.06. The van der Waals surface area contributed by atoms with Crippen molar-refractivity contribution in [2.75, 3.05) is 26.7 Å². The Bertz CT molecular complexity index is 455. The van der Waals surface area contributed by atoms with E-state index in [4.69, 9.17) is 0 Å². The van der Waals surface area contributed by atoms with E-state index in [1.54, 1.807) is 11.9 Å². The Morgan fingerprint density at radius 1 is 1.35 bits per heavy atom. The van der Waals surface area contributed by atoms with E-state index in [9.17, 15) is 9.59 Å². The highest BCUT2D eigenvalue weighted by Crippen LogP contribution is 2.07. The van der Waals surface area contributed by atoms with Gasteiger partial charge in [0, 0.05) is 20.1 Å². The van der Waals surface area contributed by atoms with Gasteiger partial charge in [-0.05, 0) is 18.5 Å². The number of carbonyl (C=O) groups excluding carboxylic acids is 2. The van der Waals surface area contributed by atoms with E-state index in [2.05, 4.69) is 10.6 Å². The molecule has 1 fully saturated rings. The summed E-state index contributed by atoms with van der Waals surface area (Å²) in [5.41, 5.74) is 1.08. The first kappa shape index (κ1) is 14.5. The fourth-order valence-electron chi connectivity index (χ4n) is 2.27. The predicted octanol–water partition coefficient (Wildman–Crippen LogP) is 0.371. The van der Waals surface area contributed by atoms with E-state index in [0.29, 0.717) is 13.1 Å². The molecule has 0 radical (unpaired) electrons. The van der Waals surface area contributed by atoms with Crippen LogP contribution in [-0.2, 0) is 16.1 Å². The number of hydrogen-bond acceptors (Lipinski definition) is 3. The lowest BCUT2D eigenvalue weighted by molar-refractivity contribution is -0.133. The molecule has 1 aromatic rings. The van der Waals surface area contributed by atoms with Crippen LogP contribution in [0.15, 0.2) is 30.3 Å². The Labute approximate surface area is 119 Å². The molecule has 1 unspecified atom stereocenters. The quantitative estimate of drug-likeness (QED) is 0.816. The van der Waals surface area contributed by atoms with Crippen molar-refractivity contribution < 1.29 is 9.59 Å². The minimum atomic E-state index is -0.0758. The minimum Gasteiger partial charge on any atom is -0.347 e. The lowest BCUT2D eigenvalue weighted by atomic mass is 10.1. The molecular weight excluding hydrogens is 254 g/mol. The first-order chi connectivity index (χ1) is 9.66. The van der Waals surface area contributed by atoms with Crippen molar-refractivity contribution in [3.05, 3.63) is 35.9 Å².